The molecule has 1 aromatic carbocycles. The first-order valence-electron chi connectivity index (χ1n) is 9.12. The van der Waals surface area contributed by atoms with Gasteiger partial charge >= 0.3 is 0 Å². The molecule has 0 atom stereocenters. The van der Waals surface area contributed by atoms with E-state index >= 15 is 0 Å². The van der Waals surface area contributed by atoms with Gasteiger partial charge in [0, 0.05) is 22.9 Å². The third-order valence-electron chi connectivity index (χ3n) is 2.68. The fraction of sp³-hybridized carbons (Fsp3) is 0.304. The van der Waals surface area contributed by atoms with Crippen LogP contribution in [0.25, 0.3) is 0 Å². The number of allylic oxidation sites excluding steroid dienone is 7. The van der Waals surface area contributed by atoms with Gasteiger partial charge in [0.15, 0.2) is 0 Å². The number of nitrogens with one attached hydrogen (secondary N) is 2. The zero-order valence-electron chi connectivity index (χ0n) is 18.2. The highest BCUT2D eigenvalue weighted by Crippen LogP contribution is 2.09. The molecule has 0 heterocycles. The van der Waals surface area contributed by atoms with Crippen LogP contribution in [0, 0.1) is 10.8 Å². The van der Waals surface area contributed by atoms with E-state index in [9.17, 15) is 4.39 Å². The van der Waals surface area contributed by atoms with Crippen LogP contribution in [0.15, 0.2) is 72.7 Å². The molecule has 6 heteroatoms. The molecule has 0 radical (unpaired) electrons. The lowest BCUT2D eigenvalue weighted by Crippen LogP contribution is -2.00. The van der Waals surface area contributed by atoms with Crippen molar-refractivity contribution in [2.75, 3.05) is 0 Å². The summed E-state index contributed by atoms with van der Waals surface area (Å²) < 4.78 is 12.1. The number of halogens is 2. The molecule has 0 unspecified atom stereocenters. The number of amidine groups is 1. The number of aryl methyl sites for hydroxylation is 1. The van der Waals surface area contributed by atoms with Crippen LogP contribution in [-0.2, 0) is 6.42 Å². The van der Waals surface area contributed by atoms with Crippen LogP contribution in [0.5, 0.6) is 0 Å². The smallest absolute Gasteiger partial charge is 0.122 e. The van der Waals surface area contributed by atoms with E-state index in [-0.39, 0.29) is 11.7 Å². The summed E-state index contributed by atoms with van der Waals surface area (Å²) in [7, 11) is 0. The van der Waals surface area contributed by atoms with Crippen molar-refractivity contribution in [3.63, 3.8) is 0 Å². The van der Waals surface area contributed by atoms with Gasteiger partial charge in [0.2, 0.25) is 0 Å². The first-order chi connectivity index (χ1) is 13.5. The van der Waals surface area contributed by atoms with E-state index in [1.807, 2.05) is 43.3 Å². The van der Waals surface area contributed by atoms with Gasteiger partial charge in [0.05, 0.1) is 5.84 Å². The quantitative estimate of drug-likeness (QED) is 0.183. The Balaban J connectivity index is -0.000000323. The molecule has 0 spiro atoms. The van der Waals surface area contributed by atoms with Crippen molar-refractivity contribution >= 4 is 23.1 Å². The van der Waals surface area contributed by atoms with Crippen molar-refractivity contribution in [3.8, 4) is 0 Å². The lowest BCUT2D eigenvalue weighted by atomic mass is 10.2. The van der Waals surface area contributed by atoms with E-state index in [0.717, 1.165) is 29.7 Å². The minimum Gasteiger partial charge on any atom is -0.402 e. The Bertz CT molecular complexity index is 667. The van der Waals surface area contributed by atoms with Gasteiger partial charge in [0.25, 0.3) is 0 Å². The van der Waals surface area contributed by atoms with Crippen LogP contribution in [0.1, 0.15) is 46.6 Å². The van der Waals surface area contributed by atoms with Gasteiger partial charge in [-0.1, -0.05) is 49.4 Å². The molecule has 0 saturated heterocycles. The zero-order valence-corrected chi connectivity index (χ0v) is 19.0. The van der Waals surface area contributed by atoms with Gasteiger partial charge in [-0.15, -0.1) is 0 Å². The maximum atomic E-state index is 12.1. The van der Waals surface area contributed by atoms with Crippen LogP contribution in [0.4, 0.5) is 4.39 Å². The SMILES string of the molecule is C/C=C/CC(C)=N.C=C/C(F)=C\C=C(/C)N.CC(=N)N.CCc1ccc(Cl)cc1. The van der Waals surface area contributed by atoms with Gasteiger partial charge in [-0.25, -0.2) is 4.39 Å². The summed E-state index contributed by atoms with van der Waals surface area (Å²) in [6, 6.07) is 7.92. The minimum absolute atomic E-state index is 0.167. The second kappa shape index (κ2) is 21.6. The number of hydrogen-bond acceptors (Lipinski definition) is 3. The second-order valence-electron chi connectivity index (χ2n) is 5.88. The Morgan fingerprint density at radius 1 is 1.10 bits per heavy atom. The molecular weight excluding hydrogens is 387 g/mol. The summed E-state index contributed by atoms with van der Waals surface area (Å²) in [5.41, 5.74) is 12.5. The molecule has 0 aliphatic carbocycles. The summed E-state index contributed by atoms with van der Waals surface area (Å²) in [5.74, 6) is -0.209. The third kappa shape index (κ3) is 33.4. The molecule has 0 bridgehead atoms. The summed E-state index contributed by atoms with van der Waals surface area (Å²) in [4.78, 5) is 0. The molecule has 162 valence electrons. The Kier molecular flexibility index (Phi) is 23.2. The van der Waals surface area contributed by atoms with E-state index in [1.165, 1.54) is 24.6 Å². The van der Waals surface area contributed by atoms with Crippen molar-refractivity contribution in [1.29, 1.82) is 10.8 Å². The molecule has 29 heavy (non-hydrogen) atoms. The van der Waals surface area contributed by atoms with Crippen molar-refractivity contribution < 1.29 is 4.39 Å². The number of benzene rings is 1. The second-order valence-corrected chi connectivity index (χ2v) is 6.32. The molecule has 0 aliphatic heterocycles. The summed E-state index contributed by atoms with van der Waals surface area (Å²) in [5, 5.41) is 14.0. The highest BCUT2D eigenvalue weighted by Gasteiger charge is 1.86. The molecule has 0 aliphatic rings. The molecule has 0 amide bonds. The van der Waals surface area contributed by atoms with Crippen LogP contribution < -0.4 is 11.5 Å². The van der Waals surface area contributed by atoms with E-state index < -0.39 is 0 Å². The van der Waals surface area contributed by atoms with Crippen molar-refractivity contribution in [3.05, 3.63) is 83.3 Å². The van der Waals surface area contributed by atoms with Crippen LogP contribution in [-0.4, -0.2) is 11.5 Å². The van der Waals surface area contributed by atoms with Crippen LogP contribution in [0.2, 0.25) is 5.02 Å². The largest absolute Gasteiger partial charge is 0.402 e. The molecule has 0 aromatic heterocycles. The summed E-state index contributed by atoms with van der Waals surface area (Å²) >= 11 is 5.67. The van der Waals surface area contributed by atoms with E-state index in [4.69, 9.17) is 33.9 Å². The van der Waals surface area contributed by atoms with Gasteiger partial charge in [-0.2, -0.15) is 0 Å². The zero-order chi connectivity index (χ0) is 23.2. The molecule has 0 saturated carbocycles. The Morgan fingerprint density at radius 2 is 1.59 bits per heavy atom. The highest BCUT2D eigenvalue weighted by atomic mass is 35.5. The van der Waals surface area contributed by atoms with Gasteiger partial charge in [0.1, 0.15) is 5.83 Å². The van der Waals surface area contributed by atoms with Crippen molar-refractivity contribution in [1.82, 2.24) is 0 Å². The maximum Gasteiger partial charge on any atom is 0.122 e. The lowest BCUT2D eigenvalue weighted by Gasteiger charge is -1.93. The van der Waals surface area contributed by atoms with E-state index in [0.29, 0.717) is 5.70 Å². The third-order valence-corrected chi connectivity index (χ3v) is 2.93. The van der Waals surface area contributed by atoms with Crippen molar-refractivity contribution in [2.24, 2.45) is 11.5 Å². The average Bonchev–Trinajstić information content (AvgIpc) is 2.65. The number of hydrogen-bond donors (Lipinski definition) is 4. The van der Waals surface area contributed by atoms with Gasteiger partial charge in [-0.05, 0) is 70.0 Å². The van der Waals surface area contributed by atoms with E-state index in [2.05, 4.69) is 13.5 Å². The van der Waals surface area contributed by atoms with Crippen LogP contribution >= 0.6 is 11.6 Å². The highest BCUT2D eigenvalue weighted by molar-refractivity contribution is 6.30. The first-order valence-corrected chi connectivity index (χ1v) is 9.50. The Morgan fingerprint density at radius 3 is 1.86 bits per heavy atom. The predicted octanol–water partition coefficient (Wildman–Crippen LogP) is 6.73. The Labute approximate surface area is 180 Å². The standard InChI is InChI=1S/C8H9Cl.C7H10FN.C6H11N.C2H6N2/c1-2-7-3-5-8(9)6-4-7;1-3-7(8)5-4-6(2)9;1-3-4-5-6(2)7;1-2(3)4/h3-6H,2H2,1H3;3-5H,1,9H2,2H3;3-4,7H,5H2,1-2H3;1H3,(H3,3,4)/b;6-4+,7-5+;4-3+,7-6?;. The molecule has 4 nitrogen and oxygen atoms in total. The Hall–Kier alpha value is -2.66. The monoisotopic (exact) mass is 422 g/mol. The number of rotatable bonds is 5. The lowest BCUT2D eigenvalue weighted by molar-refractivity contribution is 0.667. The predicted molar refractivity (Wildman–Crippen MR) is 129 cm³/mol. The fourth-order valence-electron chi connectivity index (χ4n) is 1.29. The molecule has 1 rings (SSSR count). The van der Waals surface area contributed by atoms with Crippen LogP contribution in [0.3, 0.4) is 0 Å². The fourth-order valence-corrected chi connectivity index (χ4v) is 1.42. The maximum absolute atomic E-state index is 12.1. The molecular formula is C23H36ClFN4. The molecule has 1 aromatic rings. The summed E-state index contributed by atoms with van der Waals surface area (Å²) in [6.07, 6.45) is 9.69. The molecule has 0 fully saturated rings. The topological polar surface area (TPSA) is 99.7 Å². The summed E-state index contributed by atoms with van der Waals surface area (Å²) in [6.45, 7) is 12.3. The average molecular weight is 423 g/mol. The minimum atomic E-state index is -0.375. The normalized spacial score (nSPS) is 10.4. The van der Waals surface area contributed by atoms with Crippen molar-refractivity contribution in [2.45, 2.75) is 47.5 Å². The number of nitrogens with two attached hydrogens (primary N) is 2. The van der Waals surface area contributed by atoms with Gasteiger partial charge in [-0.3, -0.25) is 5.41 Å². The van der Waals surface area contributed by atoms with E-state index in [1.54, 1.807) is 13.8 Å². The molecule has 6 N–H and O–H groups in total. The first kappa shape index (κ1) is 31.0. The van der Waals surface area contributed by atoms with Gasteiger partial charge < -0.3 is 16.9 Å².